The number of likely N-dealkylation sites (N-methyl/N-ethyl adjacent to an activating group) is 1. The molecular formula is C19H22ClN3O2. The van der Waals surface area contributed by atoms with Crippen LogP contribution in [0.5, 0.6) is 5.75 Å². The number of nitrogens with zero attached hydrogens (tertiary/aromatic N) is 1. The first kappa shape index (κ1) is 17.7. The summed E-state index contributed by atoms with van der Waals surface area (Å²) in [5, 5.41) is 0.674. The molecule has 0 bridgehead atoms. The van der Waals surface area contributed by atoms with Crippen molar-refractivity contribution >= 4 is 17.5 Å². The molecule has 0 aliphatic carbocycles. The maximum absolute atomic E-state index is 12.8. The van der Waals surface area contributed by atoms with Gasteiger partial charge >= 0.3 is 0 Å². The second kappa shape index (κ2) is 8.34. The maximum atomic E-state index is 12.8. The van der Waals surface area contributed by atoms with Crippen LogP contribution in [0.15, 0.2) is 54.6 Å². The first-order valence-corrected chi connectivity index (χ1v) is 8.69. The minimum atomic E-state index is -0.136. The number of amides is 1. The van der Waals surface area contributed by atoms with Crippen LogP contribution >= 0.6 is 11.6 Å². The van der Waals surface area contributed by atoms with Gasteiger partial charge in [0, 0.05) is 18.6 Å². The van der Waals surface area contributed by atoms with Crippen molar-refractivity contribution in [2.45, 2.75) is 6.04 Å². The molecule has 2 atom stereocenters. The summed E-state index contributed by atoms with van der Waals surface area (Å²) < 4.78 is 5.67. The van der Waals surface area contributed by atoms with Crippen LogP contribution in [0.25, 0.3) is 0 Å². The second-order valence-electron chi connectivity index (χ2n) is 6.08. The van der Waals surface area contributed by atoms with Gasteiger partial charge in [-0.3, -0.25) is 10.2 Å². The molecule has 1 aliphatic heterocycles. The number of hydrogen-bond acceptors (Lipinski definition) is 4. The summed E-state index contributed by atoms with van der Waals surface area (Å²) in [5.74, 6) is 0.714. The largest absolute Gasteiger partial charge is 0.492 e. The van der Waals surface area contributed by atoms with E-state index in [4.69, 9.17) is 16.3 Å². The molecule has 1 heterocycles. The van der Waals surface area contributed by atoms with Crippen molar-refractivity contribution in [3.63, 3.8) is 0 Å². The van der Waals surface area contributed by atoms with Gasteiger partial charge in [0.15, 0.2) is 0 Å². The number of ether oxygens (including phenoxy) is 1. The number of carbonyl (C=O) groups is 1. The minimum Gasteiger partial charge on any atom is -0.492 e. The summed E-state index contributed by atoms with van der Waals surface area (Å²) >= 11 is 5.85. The Morgan fingerprint density at radius 3 is 2.64 bits per heavy atom. The number of benzene rings is 2. The van der Waals surface area contributed by atoms with Gasteiger partial charge in [-0.2, -0.15) is 0 Å². The fourth-order valence-electron chi connectivity index (χ4n) is 2.93. The van der Waals surface area contributed by atoms with Gasteiger partial charge in [-0.1, -0.05) is 41.9 Å². The van der Waals surface area contributed by atoms with E-state index in [0.29, 0.717) is 24.7 Å². The monoisotopic (exact) mass is 359 g/mol. The SMILES string of the molecule is CN(CCOc1ccc(Cl)cc1)C(=O)C1CNNC1c1ccccc1. The fourth-order valence-corrected chi connectivity index (χ4v) is 3.05. The van der Waals surface area contributed by atoms with E-state index in [1.807, 2.05) is 49.5 Å². The Labute approximate surface area is 152 Å². The lowest BCUT2D eigenvalue weighted by molar-refractivity contribution is -0.134. The smallest absolute Gasteiger partial charge is 0.228 e. The molecular weight excluding hydrogens is 338 g/mol. The molecule has 25 heavy (non-hydrogen) atoms. The molecule has 2 N–H and O–H groups in total. The number of hydrazine groups is 1. The van der Waals surface area contributed by atoms with Gasteiger partial charge in [-0.05, 0) is 29.8 Å². The molecule has 0 spiro atoms. The first-order chi connectivity index (χ1) is 12.1. The van der Waals surface area contributed by atoms with Gasteiger partial charge in [-0.15, -0.1) is 0 Å². The van der Waals surface area contributed by atoms with E-state index in [9.17, 15) is 4.79 Å². The number of nitrogens with one attached hydrogen (secondary N) is 2. The number of carbonyl (C=O) groups excluding carboxylic acids is 1. The van der Waals surface area contributed by atoms with Crippen LogP contribution in [0.1, 0.15) is 11.6 Å². The quantitative estimate of drug-likeness (QED) is 0.832. The van der Waals surface area contributed by atoms with Gasteiger partial charge in [0.2, 0.25) is 5.91 Å². The van der Waals surface area contributed by atoms with Crippen LogP contribution in [-0.2, 0) is 4.79 Å². The van der Waals surface area contributed by atoms with Gasteiger partial charge in [-0.25, -0.2) is 5.43 Å². The number of rotatable bonds is 6. The molecule has 1 amide bonds. The third-order valence-electron chi connectivity index (χ3n) is 4.34. The van der Waals surface area contributed by atoms with Crippen LogP contribution in [0.4, 0.5) is 0 Å². The molecule has 2 unspecified atom stereocenters. The third kappa shape index (κ3) is 4.51. The van der Waals surface area contributed by atoms with Crippen LogP contribution in [0, 0.1) is 5.92 Å². The Kier molecular flexibility index (Phi) is 5.91. The molecule has 6 heteroatoms. The van der Waals surface area contributed by atoms with Crippen molar-refractivity contribution in [3.8, 4) is 5.75 Å². The minimum absolute atomic E-state index is 0.0201. The third-order valence-corrected chi connectivity index (χ3v) is 4.60. The molecule has 0 radical (unpaired) electrons. The maximum Gasteiger partial charge on any atom is 0.228 e. The van der Waals surface area contributed by atoms with Crippen molar-refractivity contribution in [2.24, 2.45) is 5.92 Å². The second-order valence-corrected chi connectivity index (χ2v) is 6.52. The van der Waals surface area contributed by atoms with Crippen LogP contribution in [-0.4, -0.2) is 37.6 Å². The summed E-state index contributed by atoms with van der Waals surface area (Å²) in [6.45, 7) is 1.58. The summed E-state index contributed by atoms with van der Waals surface area (Å²) in [6.07, 6.45) is 0. The van der Waals surface area contributed by atoms with Crippen LogP contribution < -0.4 is 15.6 Å². The van der Waals surface area contributed by atoms with Crippen LogP contribution in [0.3, 0.4) is 0 Å². The number of hydrogen-bond donors (Lipinski definition) is 2. The molecule has 1 fully saturated rings. The van der Waals surface area contributed by atoms with Crippen molar-refractivity contribution in [3.05, 3.63) is 65.2 Å². The highest BCUT2D eigenvalue weighted by Gasteiger charge is 2.35. The van der Waals surface area contributed by atoms with E-state index in [0.717, 1.165) is 11.3 Å². The van der Waals surface area contributed by atoms with E-state index in [-0.39, 0.29) is 17.9 Å². The lowest BCUT2D eigenvalue weighted by atomic mass is 9.94. The number of halogens is 1. The predicted octanol–water partition coefficient (Wildman–Crippen LogP) is 2.64. The molecule has 5 nitrogen and oxygen atoms in total. The Morgan fingerprint density at radius 2 is 1.92 bits per heavy atom. The standard InChI is InChI=1S/C19H22ClN3O2/c1-23(11-12-25-16-9-7-15(20)8-10-16)19(24)17-13-21-22-18(17)14-5-3-2-4-6-14/h2-10,17-18,21-22H,11-13H2,1H3. The van der Waals surface area contributed by atoms with Crippen LogP contribution in [0.2, 0.25) is 5.02 Å². The Balaban J connectivity index is 1.53. The Hall–Kier alpha value is -2.08. The summed E-state index contributed by atoms with van der Waals surface area (Å²) in [7, 11) is 1.81. The highest BCUT2D eigenvalue weighted by molar-refractivity contribution is 6.30. The van der Waals surface area contributed by atoms with Gasteiger partial charge in [0.05, 0.1) is 18.5 Å². The molecule has 132 valence electrons. The highest BCUT2D eigenvalue weighted by Crippen LogP contribution is 2.26. The summed E-state index contributed by atoms with van der Waals surface area (Å²) in [5.41, 5.74) is 7.42. The fraction of sp³-hybridized carbons (Fsp3) is 0.316. The van der Waals surface area contributed by atoms with E-state index in [1.165, 1.54) is 0 Å². The molecule has 1 aliphatic rings. The molecule has 1 saturated heterocycles. The lowest BCUT2D eigenvalue weighted by Crippen LogP contribution is -2.38. The molecule has 2 aromatic carbocycles. The topological polar surface area (TPSA) is 53.6 Å². The van der Waals surface area contributed by atoms with Gasteiger partial charge in [0.25, 0.3) is 0 Å². The highest BCUT2D eigenvalue weighted by atomic mass is 35.5. The average molecular weight is 360 g/mol. The van der Waals surface area contributed by atoms with Crippen molar-refractivity contribution < 1.29 is 9.53 Å². The van der Waals surface area contributed by atoms with E-state index >= 15 is 0 Å². The summed E-state index contributed by atoms with van der Waals surface area (Å²) in [4.78, 5) is 14.5. The zero-order chi connectivity index (χ0) is 17.6. The van der Waals surface area contributed by atoms with Gasteiger partial charge < -0.3 is 9.64 Å². The van der Waals surface area contributed by atoms with E-state index in [2.05, 4.69) is 10.9 Å². The van der Waals surface area contributed by atoms with Crippen molar-refractivity contribution in [1.29, 1.82) is 0 Å². The zero-order valence-electron chi connectivity index (χ0n) is 14.1. The average Bonchev–Trinajstić information content (AvgIpc) is 3.13. The molecule has 3 rings (SSSR count). The zero-order valence-corrected chi connectivity index (χ0v) is 14.9. The van der Waals surface area contributed by atoms with Gasteiger partial charge in [0.1, 0.15) is 12.4 Å². The van der Waals surface area contributed by atoms with Crippen molar-refractivity contribution in [2.75, 3.05) is 26.7 Å². The predicted molar refractivity (Wildman–Crippen MR) is 98.4 cm³/mol. The van der Waals surface area contributed by atoms with Crippen molar-refractivity contribution in [1.82, 2.24) is 15.8 Å². The normalized spacial score (nSPS) is 19.6. The van der Waals surface area contributed by atoms with E-state index in [1.54, 1.807) is 17.0 Å². The van der Waals surface area contributed by atoms with E-state index < -0.39 is 0 Å². The lowest BCUT2D eigenvalue weighted by Gasteiger charge is -2.24. The molecule has 2 aromatic rings. The Bertz CT molecular complexity index is 694. The Morgan fingerprint density at radius 1 is 1.20 bits per heavy atom. The summed E-state index contributed by atoms with van der Waals surface area (Å²) in [6, 6.07) is 17.2. The first-order valence-electron chi connectivity index (χ1n) is 8.32. The molecule has 0 aromatic heterocycles. The molecule has 0 saturated carbocycles.